The van der Waals surface area contributed by atoms with Crippen LogP contribution in [0.2, 0.25) is 5.02 Å². The first-order valence-electron chi connectivity index (χ1n) is 4.66. The van der Waals surface area contributed by atoms with Gasteiger partial charge in [0.1, 0.15) is 5.82 Å². The van der Waals surface area contributed by atoms with Crippen LogP contribution in [0.5, 0.6) is 0 Å². The van der Waals surface area contributed by atoms with Crippen molar-refractivity contribution in [3.8, 4) is 0 Å². The van der Waals surface area contributed by atoms with Crippen molar-refractivity contribution in [1.29, 1.82) is 0 Å². The number of carboxylic acid groups (broad SMARTS) is 1. The van der Waals surface area contributed by atoms with Gasteiger partial charge < -0.3 is 5.11 Å². The Bertz CT molecular complexity index is 594. The number of halogens is 2. The Kier molecular flexibility index (Phi) is 2.63. The number of hydrogen-bond acceptors (Lipinski definition) is 2. The van der Waals surface area contributed by atoms with Crippen LogP contribution in [0, 0.1) is 5.82 Å². The zero-order chi connectivity index (χ0) is 12.7. The first-order valence-corrected chi connectivity index (χ1v) is 5.04. The third-order valence-corrected chi connectivity index (χ3v) is 2.71. The van der Waals surface area contributed by atoms with Crippen LogP contribution >= 0.6 is 11.6 Å². The van der Waals surface area contributed by atoms with E-state index < -0.39 is 17.7 Å². The smallest absolute Gasteiger partial charge is 0.337 e. The van der Waals surface area contributed by atoms with Crippen molar-refractivity contribution in [2.45, 2.75) is 6.92 Å². The van der Waals surface area contributed by atoms with Crippen molar-refractivity contribution in [1.82, 2.24) is 4.57 Å². The molecule has 0 radical (unpaired) electrons. The molecule has 1 aromatic heterocycles. The summed E-state index contributed by atoms with van der Waals surface area (Å²) in [6, 6.07) is 2.25. The molecule has 1 heterocycles. The van der Waals surface area contributed by atoms with Crippen LogP contribution in [0.25, 0.3) is 10.9 Å². The summed E-state index contributed by atoms with van der Waals surface area (Å²) in [5.74, 6) is -2.29. The third kappa shape index (κ3) is 1.78. The van der Waals surface area contributed by atoms with E-state index in [1.165, 1.54) is 13.0 Å². The van der Waals surface area contributed by atoms with Crippen molar-refractivity contribution in [2.75, 3.05) is 0 Å². The third-order valence-electron chi connectivity index (χ3n) is 2.42. The predicted octanol–water partition coefficient (Wildman–Crippen LogP) is 2.79. The van der Waals surface area contributed by atoms with E-state index in [9.17, 15) is 14.0 Å². The summed E-state index contributed by atoms with van der Waals surface area (Å²) in [7, 11) is 0. The predicted molar refractivity (Wildman–Crippen MR) is 60.2 cm³/mol. The maximum atomic E-state index is 13.3. The number of hydrogen-bond donors (Lipinski definition) is 1. The zero-order valence-corrected chi connectivity index (χ0v) is 9.45. The highest BCUT2D eigenvalue weighted by molar-refractivity contribution is 6.31. The maximum absolute atomic E-state index is 13.3. The maximum Gasteiger partial charge on any atom is 0.337 e. The lowest BCUT2D eigenvalue weighted by Crippen LogP contribution is -2.03. The van der Waals surface area contributed by atoms with Crippen LogP contribution in [0.1, 0.15) is 22.1 Å². The van der Waals surface area contributed by atoms with E-state index in [1.54, 1.807) is 0 Å². The Hall–Kier alpha value is -1.88. The van der Waals surface area contributed by atoms with Gasteiger partial charge >= 0.3 is 5.97 Å². The number of benzene rings is 1. The van der Waals surface area contributed by atoms with Gasteiger partial charge in [0.2, 0.25) is 5.91 Å². The summed E-state index contributed by atoms with van der Waals surface area (Å²) in [5, 5.41) is 9.03. The molecule has 4 nitrogen and oxygen atoms in total. The molecular weight excluding hydrogens is 249 g/mol. The molecule has 2 rings (SSSR count). The number of rotatable bonds is 1. The highest BCUT2D eigenvalue weighted by Gasteiger charge is 2.18. The Balaban J connectivity index is 2.91. The standard InChI is InChI=1S/C11H7ClFNO3/c1-5(15)14-4-7(11(16)17)6-2-8(12)9(13)3-10(6)14/h2-4H,1H3,(H,16,17). The molecule has 0 atom stereocenters. The van der Waals surface area contributed by atoms with Gasteiger partial charge in [0.05, 0.1) is 16.1 Å². The topological polar surface area (TPSA) is 59.3 Å². The normalized spacial score (nSPS) is 10.8. The summed E-state index contributed by atoms with van der Waals surface area (Å²) in [5.41, 5.74) is 0.105. The first-order chi connectivity index (χ1) is 7.91. The molecule has 0 aliphatic rings. The summed E-state index contributed by atoms with van der Waals surface area (Å²) in [6.07, 6.45) is 1.16. The van der Waals surface area contributed by atoms with Crippen molar-refractivity contribution < 1.29 is 19.1 Å². The average Bonchev–Trinajstić information content (AvgIpc) is 2.57. The van der Waals surface area contributed by atoms with Gasteiger partial charge in [0.15, 0.2) is 0 Å². The fourth-order valence-electron chi connectivity index (χ4n) is 1.65. The quantitative estimate of drug-likeness (QED) is 0.852. The van der Waals surface area contributed by atoms with Crippen LogP contribution in [0.4, 0.5) is 4.39 Å². The second-order valence-electron chi connectivity index (χ2n) is 3.52. The summed E-state index contributed by atoms with van der Waals surface area (Å²) >= 11 is 5.59. The van der Waals surface area contributed by atoms with Gasteiger partial charge in [-0.3, -0.25) is 9.36 Å². The Morgan fingerprint density at radius 1 is 1.41 bits per heavy atom. The number of aromatic carboxylic acids is 1. The van der Waals surface area contributed by atoms with Gasteiger partial charge in [-0.25, -0.2) is 9.18 Å². The number of carbonyl (C=O) groups is 2. The van der Waals surface area contributed by atoms with E-state index in [0.717, 1.165) is 16.8 Å². The first kappa shape index (κ1) is 11.6. The van der Waals surface area contributed by atoms with Gasteiger partial charge in [0, 0.05) is 24.6 Å². The number of nitrogens with zero attached hydrogens (tertiary/aromatic N) is 1. The van der Waals surface area contributed by atoms with Crippen molar-refractivity contribution in [3.05, 3.63) is 34.7 Å². The molecule has 0 spiro atoms. The van der Waals surface area contributed by atoms with E-state index in [1.807, 2.05) is 0 Å². The van der Waals surface area contributed by atoms with Gasteiger partial charge in [0.25, 0.3) is 0 Å². The van der Waals surface area contributed by atoms with Crippen molar-refractivity contribution in [3.63, 3.8) is 0 Å². The second-order valence-corrected chi connectivity index (χ2v) is 3.93. The molecule has 0 aliphatic carbocycles. The van der Waals surface area contributed by atoms with E-state index in [0.29, 0.717) is 0 Å². The van der Waals surface area contributed by atoms with Gasteiger partial charge in [-0.15, -0.1) is 0 Å². The van der Waals surface area contributed by atoms with Gasteiger partial charge in [-0.05, 0) is 6.07 Å². The molecule has 0 amide bonds. The fraction of sp³-hybridized carbons (Fsp3) is 0.0909. The molecule has 6 heteroatoms. The number of carboxylic acids is 1. The average molecular weight is 256 g/mol. The molecule has 0 unspecified atom stereocenters. The molecule has 1 aromatic carbocycles. The molecule has 2 aromatic rings. The SMILES string of the molecule is CC(=O)n1cc(C(=O)O)c2cc(Cl)c(F)cc21. The largest absolute Gasteiger partial charge is 0.478 e. The van der Waals surface area contributed by atoms with E-state index in [-0.39, 0.29) is 21.5 Å². The monoisotopic (exact) mass is 255 g/mol. The van der Waals surface area contributed by atoms with E-state index in [4.69, 9.17) is 16.7 Å². The Morgan fingerprint density at radius 3 is 2.59 bits per heavy atom. The number of aromatic nitrogens is 1. The summed E-state index contributed by atoms with van der Waals surface area (Å²) < 4.78 is 14.4. The molecular formula is C11H7ClFNO3. The molecule has 0 bridgehead atoms. The van der Waals surface area contributed by atoms with Crippen LogP contribution in [-0.4, -0.2) is 21.6 Å². The molecule has 0 aliphatic heterocycles. The Labute approximate surface area is 100 Å². The van der Waals surface area contributed by atoms with Crippen LogP contribution in [0.3, 0.4) is 0 Å². The minimum atomic E-state index is -1.20. The molecule has 0 saturated carbocycles. The lowest BCUT2D eigenvalue weighted by atomic mass is 10.2. The highest BCUT2D eigenvalue weighted by atomic mass is 35.5. The van der Waals surface area contributed by atoms with Gasteiger partial charge in [-0.2, -0.15) is 0 Å². The fourth-order valence-corrected chi connectivity index (χ4v) is 1.81. The summed E-state index contributed by atoms with van der Waals surface area (Å²) in [6.45, 7) is 1.26. The number of fused-ring (bicyclic) bond motifs is 1. The van der Waals surface area contributed by atoms with Crippen LogP contribution < -0.4 is 0 Å². The Morgan fingerprint density at radius 2 is 2.06 bits per heavy atom. The lowest BCUT2D eigenvalue weighted by Gasteiger charge is -2.00. The second kappa shape index (κ2) is 3.85. The van der Waals surface area contributed by atoms with Crippen LogP contribution in [-0.2, 0) is 0 Å². The highest BCUT2D eigenvalue weighted by Crippen LogP contribution is 2.27. The summed E-state index contributed by atoms with van der Waals surface area (Å²) in [4.78, 5) is 22.3. The van der Waals surface area contributed by atoms with E-state index >= 15 is 0 Å². The molecule has 17 heavy (non-hydrogen) atoms. The van der Waals surface area contributed by atoms with Gasteiger partial charge in [-0.1, -0.05) is 11.6 Å². The van der Waals surface area contributed by atoms with Crippen LogP contribution in [0.15, 0.2) is 18.3 Å². The minimum Gasteiger partial charge on any atom is -0.478 e. The molecule has 1 N–H and O–H groups in total. The minimum absolute atomic E-state index is 0.0860. The van der Waals surface area contributed by atoms with E-state index in [2.05, 4.69) is 0 Å². The lowest BCUT2D eigenvalue weighted by molar-refractivity contribution is 0.0699. The molecule has 0 saturated heterocycles. The van der Waals surface area contributed by atoms with Crippen molar-refractivity contribution >= 4 is 34.4 Å². The van der Waals surface area contributed by atoms with Crippen molar-refractivity contribution in [2.24, 2.45) is 0 Å². The molecule has 88 valence electrons. The molecule has 0 fully saturated rings. The number of carbonyl (C=O) groups excluding carboxylic acids is 1. The zero-order valence-electron chi connectivity index (χ0n) is 8.70.